The molecule has 0 spiro atoms. The lowest BCUT2D eigenvalue weighted by Crippen LogP contribution is -2.01. The molecule has 1 aromatic rings. The molecule has 0 aromatic carbocycles. The first-order valence-electron chi connectivity index (χ1n) is 4.66. The Bertz CT molecular complexity index is 276. The molecule has 1 fully saturated rings. The van der Waals surface area contributed by atoms with Crippen LogP contribution in [0.4, 0.5) is 0 Å². The molecular weight excluding hydrogens is 223 g/mol. The van der Waals surface area contributed by atoms with Crippen molar-refractivity contribution in [3.8, 4) is 0 Å². The maximum atomic E-state index is 6.39. The molecule has 0 N–H and O–H groups in total. The second kappa shape index (κ2) is 4.20. The van der Waals surface area contributed by atoms with Crippen LogP contribution in [0.2, 0.25) is 5.02 Å². The summed E-state index contributed by atoms with van der Waals surface area (Å²) < 4.78 is 0. The van der Waals surface area contributed by atoms with Crippen LogP contribution in [0.5, 0.6) is 0 Å². The second-order valence-corrected chi connectivity index (χ2v) is 5.40. The van der Waals surface area contributed by atoms with E-state index < -0.39 is 0 Å². The van der Waals surface area contributed by atoms with E-state index in [1.54, 1.807) is 11.3 Å². The molecule has 0 aliphatic heterocycles. The van der Waals surface area contributed by atoms with E-state index in [9.17, 15) is 0 Å². The summed E-state index contributed by atoms with van der Waals surface area (Å²) in [5.74, 6) is 0.651. The van der Waals surface area contributed by atoms with E-state index in [2.05, 4.69) is 0 Å². The third-order valence-corrected chi connectivity index (χ3v) is 4.85. The Morgan fingerprint density at radius 3 is 2.62 bits per heavy atom. The molecule has 0 bridgehead atoms. The number of thiophene rings is 1. The first kappa shape index (κ1) is 9.82. The number of hydrogen-bond donors (Lipinski definition) is 0. The highest BCUT2D eigenvalue weighted by Gasteiger charge is 2.26. The van der Waals surface area contributed by atoms with Gasteiger partial charge >= 0.3 is 0 Å². The standard InChI is InChI=1S/C10H12Cl2S/c11-8-5-6-13-10(8)9(12)7-3-1-2-4-7/h5-7,9H,1-4H2. The van der Waals surface area contributed by atoms with Gasteiger partial charge in [0.1, 0.15) is 0 Å². The van der Waals surface area contributed by atoms with Crippen molar-refractivity contribution in [1.29, 1.82) is 0 Å². The van der Waals surface area contributed by atoms with Crippen LogP contribution >= 0.6 is 34.5 Å². The summed E-state index contributed by atoms with van der Waals surface area (Å²) in [4.78, 5) is 1.16. The van der Waals surface area contributed by atoms with Crippen LogP contribution in [0.3, 0.4) is 0 Å². The highest BCUT2D eigenvalue weighted by atomic mass is 35.5. The van der Waals surface area contributed by atoms with E-state index in [-0.39, 0.29) is 5.38 Å². The van der Waals surface area contributed by atoms with Gasteiger partial charge in [-0.25, -0.2) is 0 Å². The summed E-state index contributed by atoms with van der Waals surface area (Å²) in [5.41, 5.74) is 0. The van der Waals surface area contributed by atoms with Crippen LogP contribution in [0.1, 0.15) is 35.9 Å². The molecule has 1 aliphatic rings. The van der Waals surface area contributed by atoms with Crippen molar-refractivity contribution in [2.75, 3.05) is 0 Å². The molecule has 1 saturated carbocycles. The Morgan fingerprint density at radius 2 is 2.08 bits per heavy atom. The number of halogens is 2. The fourth-order valence-electron chi connectivity index (χ4n) is 1.97. The van der Waals surface area contributed by atoms with Crippen LogP contribution in [-0.2, 0) is 0 Å². The molecule has 1 unspecified atom stereocenters. The van der Waals surface area contributed by atoms with Gasteiger partial charge in [0.25, 0.3) is 0 Å². The molecule has 1 aliphatic carbocycles. The van der Waals surface area contributed by atoms with E-state index in [0.29, 0.717) is 5.92 Å². The number of rotatable bonds is 2. The lowest BCUT2D eigenvalue weighted by molar-refractivity contribution is 0.534. The molecule has 0 saturated heterocycles. The molecule has 1 heterocycles. The van der Waals surface area contributed by atoms with Gasteiger partial charge in [-0.3, -0.25) is 0 Å². The van der Waals surface area contributed by atoms with Gasteiger partial charge in [0.05, 0.1) is 10.4 Å². The molecule has 72 valence electrons. The molecule has 3 heteroatoms. The van der Waals surface area contributed by atoms with Crippen LogP contribution in [0.15, 0.2) is 11.4 Å². The highest BCUT2D eigenvalue weighted by Crippen LogP contribution is 2.44. The second-order valence-electron chi connectivity index (χ2n) is 3.58. The molecule has 0 nitrogen and oxygen atoms in total. The average molecular weight is 235 g/mol. The Hall–Kier alpha value is 0.280. The van der Waals surface area contributed by atoms with Gasteiger partial charge in [-0.1, -0.05) is 24.4 Å². The normalized spacial score (nSPS) is 20.8. The zero-order valence-electron chi connectivity index (χ0n) is 7.30. The Morgan fingerprint density at radius 1 is 1.38 bits per heavy atom. The maximum Gasteiger partial charge on any atom is 0.0721 e. The van der Waals surface area contributed by atoms with Gasteiger partial charge in [-0.2, -0.15) is 0 Å². The predicted octanol–water partition coefficient (Wildman–Crippen LogP) is 4.87. The summed E-state index contributed by atoms with van der Waals surface area (Å²) in [6.07, 6.45) is 5.19. The van der Waals surface area contributed by atoms with Crippen molar-refractivity contribution < 1.29 is 0 Å². The zero-order valence-corrected chi connectivity index (χ0v) is 9.63. The molecule has 1 atom stereocenters. The highest BCUT2D eigenvalue weighted by molar-refractivity contribution is 7.11. The predicted molar refractivity (Wildman–Crippen MR) is 59.9 cm³/mol. The van der Waals surface area contributed by atoms with Gasteiger partial charge in [0, 0.05) is 4.88 Å². The lowest BCUT2D eigenvalue weighted by atomic mass is 10.0. The third-order valence-electron chi connectivity index (χ3n) is 2.71. The monoisotopic (exact) mass is 234 g/mol. The van der Waals surface area contributed by atoms with E-state index in [1.807, 2.05) is 11.4 Å². The van der Waals surface area contributed by atoms with Crippen molar-refractivity contribution in [1.82, 2.24) is 0 Å². The van der Waals surface area contributed by atoms with Crippen molar-refractivity contribution in [3.63, 3.8) is 0 Å². The smallest absolute Gasteiger partial charge is 0.0721 e. The summed E-state index contributed by atoms with van der Waals surface area (Å²) in [5, 5.41) is 3.01. The van der Waals surface area contributed by atoms with Crippen LogP contribution < -0.4 is 0 Å². The molecule has 13 heavy (non-hydrogen) atoms. The third kappa shape index (κ3) is 2.03. The van der Waals surface area contributed by atoms with Crippen molar-refractivity contribution in [3.05, 3.63) is 21.3 Å². The van der Waals surface area contributed by atoms with Gasteiger partial charge in [0.15, 0.2) is 0 Å². The SMILES string of the molecule is Clc1ccsc1C(Cl)C1CCCC1. The number of alkyl halides is 1. The Balaban J connectivity index is 2.12. The molecule has 1 aromatic heterocycles. The van der Waals surface area contributed by atoms with Gasteiger partial charge < -0.3 is 0 Å². The average Bonchev–Trinajstić information content (AvgIpc) is 2.72. The maximum absolute atomic E-state index is 6.39. The quantitative estimate of drug-likeness (QED) is 0.641. The molecule has 0 radical (unpaired) electrons. The molecule has 0 amide bonds. The van der Waals surface area contributed by atoms with E-state index in [0.717, 1.165) is 9.90 Å². The largest absolute Gasteiger partial charge is 0.146 e. The Kier molecular flexibility index (Phi) is 3.18. The lowest BCUT2D eigenvalue weighted by Gasteiger charge is -2.15. The topological polar surface area (TPSA) is 0 Å². The molecule has 2 rings (SSSR count). The van der Waals surface area contributed by atoms with E-state index >= 15 is 0 Å². The van der Waals surface area contributed by atoms with Gasteiger partial charge in [0.2, 0.25) is 0 Å². The van der Waals surface area contributed by atoms with Crippen LogP contribution in [0.25, 0.3) is 0 Å². The minimum atomic E-state index is 0.148. The van der Waals surface area contributed by atoms with Gasteiger partial charge in [-0.05, 0) is 30.2 Å². The van der Waals surface area contributed by atoms with Gasteiger partial charge in [-0.15, -0.1) is 22.9 Å². The van der Waals surface area contributed by atoms with Crippen molar-refractivity contribution in [2.24, 2.45) is 5.92 Å². The van der Waals surface area contributed by atoms with E-state index in [4.69, 9.17) is 23.2 Å². The number of hydrogen-bond acceptors (Lipinski definition) is 1. The van der Waals surface area contributed by atoms with Crippen molar-refractivity contribution >= 4 is 34.5 Å². The first-order chi connectivity index (χ1) is 6.29. The minimum absolute atomic E-state index is 0.148. The summed E-state index contributed by atoms with van der Waals surface area (Å²) >= 11 is 14.1. The zero-order chi connectivity index (χ0) is 9.26. The van der Waals surface area contributed by atoms with Crippen LogP contribution in [-0.4, -0.2) is 0 Å². The summed E-state index contributed by atoms with van der Waals surface area (Å²) in [7, 11) is 0. The first-order valence-corrected chi connectivity index (χ1v) is 6.35. The van der Waals surface area contributed by atoms with Crippen molar-refractivity contribution in [2.45, 2.75) is 31.1 Å². The van der Waals surface area contributed by atoms with Crippen LogP contribution in [0, 0.1) is 5.92 Å². The fraction of sp³-hybridized carbons (Fsp3) is 0.600. The molecular formula is C10H12Cl2S. The summed E-state index contributed by atoms with van der Waals surface area (Å²) in [6.45, 7) is 0. The Labute approximate surface area is 92.9 Å². The fourth-order valence-corrected chi connectivity index (χ4v) is 3.79. The summed E-state index contributed by atoms with van der Waals surface area (Å²) in [6, 6.07) is 1.94. The minimum Gasteiger partial charge on any atom is -0.146 e. The van der Waals surface area contributed by atoms with E-state index in [1.165, 1.54) is 25.7 Å².